The maximum Gasteiger partial charge on any atom is 0.317 e. The second-order valence-electron chi connectivity index (χ2n) is 8.00. The molecule has 1 saturated carbocycles. The third-order valence-corrected chi connectivity index (χ3v) is 7.21. The molecule has 1 aliphatic carbocycles. The first kappa shape index (κ1) is 14.2. The predicted molar refractivity (Wildman–Crippen MR) is 77.2 cm³/mol. The van der Waals surface area contributed by atoms with Crippen molar-refractivity contribution in [2.75, 3.05) is 24.6 Å². The molecule has 0 bridgehead atoms. The van der Waals surface area contributed by atoms with Gasteiger partial charge in [0.1, 0.15) is 0 Å². The van der Waals surface area contributed by atoms with Gasteiger partial charge in [-0.25, -0.2) is 13.2 Å². The van der Waals surface area contributed by atoms with Crippen molar-refractivity contribution >= 4 is 15.9 Å². The Balaban J connectivity index is 1.58. The van der Waals surface area contributed by atoms with Crippen LogP contribution in [0.15, 0.2) is 0 Å². The van der Waals surface area contributed by atoms with Crippen molar-refractivity contribution in [2.24, 2.45) is 16.7 Å². The number of carbonyl (C=O) groups is 1. The summed E-state index contributed by atoms with van der Waals surface area (Å²) in [6.07, 6.45) is 2.06. The summed E-state index contributed by atoms with van der Waals surface area (Å²) in [4.78, 5) is 14.1. The fourth-order valence-electron chi connectivity index (χ4n) is 4.20. The average Bonchev–Trinajstić information content (AvgIpc) is 2.61. The highest BCUT2D eigenvalue weighted by Gasteiger charge is 2.53. The lowest BCUT2D eigenvalue weighted by Crippen LogP contribution is -2.52. The molecule has 0 radical (unpaired) electrons. The van der Waals surface area contributed by atoms with Gasteiger partial charge in [-0.3, -0.25) is 0 Å². The highest BCUT2D eigenvalue weighted by atomic mass is 32.2. The third-order valence-electron chi connectivity index (χ3n) is 5.20. The first-order valence-corrected chi connectivity index (χ1v) is 9.17. The van der Waals surface area contributed by atoms with E-state index in [1.54, 1.807) is 0 Å². The molecule has 2 heterocycles. The van der Waals surface area contributed by atoms with Crippen LogP contribution < -0.4 is 5.32 Å². The van der Waals surface area contributed by atoms with Gasteiger partial charge in [-0.2, -0.15) is 0 Å². The Bertz CT molecular complexity index is 535. The van der Waals surface area contributed by atoms with Gasteiger partial charge in [0.2, 0.25) is 0 Å². The van der Waals surface area contributed by atoms with Crippen LogP contribution in [0.25, 0.3) is 0 Å². The summed E-state index contributed by atoms with van der Waals surface area (Å²) in [6.45, 7) is 7.57. The SMILES string of the molecule is CC1(C)CC(NC(=O)N2C[C@@H]3CS(=O)(=O)C[C@]3(C)C2)C1. The van der Waals surface area contributed by atoms with E-state index in [2.05, 4.69) is 19.2 Å². The van der Waals surface area contributed by atoms with E-state index in [1.807, 2.05) is 11.8 Å². The fraction of sp³-hybridized carbons (Fsp3) is 0.929. The van der Waals surface area contributed by atoms with Gasteiger partial charge in [0.05, 0.1) is 11.5 Å². The molecule has 0 unspecified atom stereocenters. The van der Waals surface area contributed by atoms with Crippen molar-refractivity contribution in [3.63, 3.8) is 0 Å². The summed E-state index contributed by atoms with van der Waals surface area (Å²) in [5, 5.41) is 3.08. The normalized spacial score (nSPS) is 38.4. The van der Waals surface area contributed by atoms with Crippen molar-refractivity contribution in [1.29, 1.82) is 0 Å². The van der Waals surface area contributed by atoms with Crippen LogP contribution in [-0.2, 0) is 9.84 Å². The first-order chi connectivity index (χ1) is 9.09. The zero-order valence-electron chi connectivity index (χ0n) is 12.5. The molecule has 2 aliphatic heterocycles. The molecule has 114 valence electrons. The van der Waals surface area contributed by atoms with E-state index < -0.39 is 9.84 Å². The van der Waals surface area contributed by atoms with Crippen LogP contribution in [0.3, 0.4) is 0 Å². The quantitative estimate of drug-likeness (QED) is 0.792. The van der Waals surface area contributed by atoms with E-state index in [1.165, 1.54) is 0 Å². The maximum absolute atomic E-state index is 12.3. The molecule has 2 saturated heterocycles. The van der Waals surface area contributed by atoms with Crippen molar-refractivity contribution in [1.82, 2.24) is 10.2 Å². The molecule has 0 aromatic carbocycles. The van der Waals surface area contributed by atoms with Crippen molar-refractivity contribution in [2.45, 2.75) is 39.7 Å². The Kier molecular flexibility index (Phi) is 2.92. The van der Waals surface area contributed by atoms with Crippen molar-refractivity contribution < 1.29 is 13.2 Å². The topological polar surface area (TPSA) is 66.5 Å². The lowest BCUT2D eigenvalue weighted by molar-refractivity contribution is 0.121. The molecule has 3 rings (SSSR count). The lowest BCUT2D eigenvalue weighted by Gasteiger charge is -2.43. The molecule has 2 atom stereocenters. The Hall–Kier alpha value is -0.780. The number of hydrogen-bond donors (Lipinski definition) is 1. The molecule has 0 spiro atoms. The molecule has 0 aromatic rings. The van der Waals surface area contributed by atoms with Crippen LogP contribution in [0.1, 0.15) is 33.6 Å². The molecule has 20 heavy (non-hydrogen) atoms. The van der Waals surface area contributed by atoms with Crippen LogP contribution >= 0.6 is 0 Å². The van der Waals surface area contributed by atoms with Crippen molar-refractivity contribution in [3.05, 3.63) is 0 Å². The summed E-state index contributed by atoms with van der Waals surface area (Å²) < 4.78 is 23.4. The highest BCUT2D eigenvalue weighted by Crippen LogP contribution is 2.44. The minimum absolute atomic E-state index is 0.0153. The van der Waals surface area contributed by atoms with Crippen LogP contribution in [0.2, 0.25) is 0 Å². The monoisotopic (exact) mass is 300 g/mol. The number of rotatable bonds is 1. The van der Waals surface area contributed by atoms with Crippen LogP contribution in [0.5, 0.6) is 0 Å². The zero-order chi connectivity index (χ0) is 14.8. The summed E-state index contributed by atoms with van der Waals surface area (Å²) in [5.74, 6) is 0.574. The average molecular weight is 300 g/mol. The molecule has 3 fully saturated rings. The first-order valence-electron chi connectivity index (χ1n) is 7.35. The number of nitrogens with zero attached hydrogens (tertiary/aromatic N) is 1. The van der Waals surface area contributed by atoms with Gasteiger partial charge >= 0.3 is 6.03 Å². The molecular weight excluding hydrogens is 276 g/mol. The smallest absolute Gasteiger partial charge is 0.317 e. The Labute approximate surface area is 121 Å². The minimum Gasteiger partial charge on any atom is -0.335 e. The number of carbonyl (C=O) groups excluding carboxylic acids is 1. The van der Waals surface area contributed by atoms with E-state index in [9.17, 15) is 13.2 Å². The van der Waals surface area contributed by atoms with Gasteiger partial charge in [0.25, 0.3) is 0 Å². The number of nitrogens with one attached hydrogen (secondary N) is 1. The van der Waals surface area contributed by atoms with Crippen LogP contribution in [-0.4, -0.2) is 50.0 Å². The summed E-state index contributed by atoms with van der Waals surface area (Å²) in [6, 6.07) is 0.271. The summed E-state index contributed by atoms with van der Waals surface area (Å²) >= 11 is 0. The summed E-state index contributed by atoms with van der Waals surface area (Å²) in [5.41, 5.74) is 0.106. The number of urea groups is 1. The van der Waals surface area contributed by atoms with Crippen LogP contribution in [0, 0.1) is 16.7 Å². The number of fused-ring (bicyclic) bond motifs is 1. The third kappa shape index (κ3) is 2.43. The van der Waals surface area contributed by atoms with Crippen LogP contribution in [0.4, 0.5) is 4.79 Å². The standard InChI is InChI=1S/C14H24N2O3S/c1-13(2)4-11(5-13)15-12(17)16-6-10-7-20(18,19)9-14(10,3)8-16/h10-11H,4-9H2,1-3H3,(H,15,17)/t10-,14+/m1/s1. The van der Waals surface area contributed by atoms with E-state index in [0.29, 0.717) is 18.5 Å². The van der Waals surface area contributed by atoms with E-state index >= 15 is 0 Å². The number of likely N-dealkylation sites (tertiary alicyclic amines) is 1. The molecule has 6 heteroatoms. The second-order valence-corrected chi connectivity index (χ2v) is 10.1. The molecule has 2 amide bonds. The largest absolute Gasteiger partial charge is 0.335 e. The highest BCUT2D eigenvalue weighted by molar-refractivity contribution is 7.91. The fourth-order valence-corrected chi connectivity index (χ4v) is 6.77. The van der Waals surface area contributed by atoms with E-state index in [-0.39, 0.29) is 34.9 Å². The van der Waals surface area contributed by atoms with Crippen molar-refractivity contribution in [3.8, 4) is 0 Å². The molecule has 3 aliphatic rings. The number of hydrogen-bond acceptors (Lipinski definition) is 3. The lowest BCUT2D eigenvalue weighted by atomic mass is 9.68. The maximum atomic E-state index is 12.3. The molecular formula is C14H24N2O3S. The number of sulfone groups is 1. The Morgan fingerprint density at radius 3 is 2.45 bits per heavy atom. The zero-order valence-corrected chi connectivity index (χ0v) is 13.3. The van der Waals surface area contributed by atoms with Gasteiger partial charge in [-0.05, 0) is 24.2 Å². The van der Waals surface area contributed by atoms with Gasteiger partial charge in [0.15, 0.2) is 9.84 Å². The Morgan fingerprint density at radius 2 is 1.90 bits per heavy atom. The predicted octanol–water partition coefficient (Wildman–Crippen LogP) is 1.25. The second kappa shape index (κ2) is 4.12. The van der Waals surface area contributed by atoms with Gasteiger partial charge in [0, 0.05) is 24.5 Å². The van der Waals surface area contributed by atoms with Gasteiger partial charge in [-0.1, -0.05) is 20.8 Å². The van der Waals surface area contributed by atoms with Gasteiger partial charge < -0.3 is 10.2 Å². The molecule has 0 aromatic heterocycles. The Morgan fingerprint density at radius 1 is 1.25 bits per heavy atom. The molecule has 1 N–H and O–H groups in total. The van der Waals surface area contributed by atoms with Gasteiger partial charge in [-0.15, -0.1) is 0 Å². The van der Waals surface area contributed by atoms with E-state index in [4.69, 9.17) is 0 Å². The van der Waals surface area contributed by atoms with E-state index in [0.717, 1.165) is 12.8 Å². The summed E-state index contributed by atoms with van der Waals surface area (Å²) in [7, 11) is -2.90. The number of amides is 2. The minimum atomic E-state index is -2.90. The molecule has 5 nitrogen and oxygen atoms in total.